The number of nitrogens with zero attached hydrogens (tertiary/aromatic N) is 7. The average Bonchev–Trinajstić information content (AvgIpc) is 3.84. The molecular formula is C51H31N7. The van der Waals surface area contributed by atoms with Crippen LogP contribution in [0.15, 0.2) is 188 Å². The zero-order valence-electron chi connectivity index (χ0n) is 31.0. The summed E-state index contributed by atoms with van der Waals surface area (Å²) in [5, 5.41) is 7.11. The van der Waals surface area contributed by atoms with Crippen molar-refractivity contribution in [1.82, 2.24) is 33.9 Å². The van der Waals surface area contributed by atoms with Gasteiger partial charge >= 0.3 is 0 Å². The van der Waals surface area contributed by atoms with Crippen molar-refractivity contribution in [3.63, 3.8) is 0 Å². The Labute approximate surface area is 332 Å². The molecular weight excluding hydrogens is 711 g/mol. The normalized spacial score (nSPS) is 11.8. The minimum atomic E-state index is 0.549. The van der Waals surface area contributed by atoms with Crippen LogP contribution in [-0.2, 0) is 0 Å². The predicted molar refractivity (Wildman–Crippen MR) is 235 cm³/mol. The summed E-state index contributed by atoms with van der Waals surface area (Å²) in [7, 11) is 0. The van der Waals surface area contributed by atoms with Gasteiger partial charge in [0.1, 0.15) is 0 Å². The van der Waals surface area contributed by atoms with Crippen molar-refractivity contribution in [2.24, 2.45) is 0 Å². The van der Waals surface area contributed by atoms with E-state index in [9.17, 15) is 0 Å². The van der Waals surface area contributed by atoms with Gasteiger partial charge in [-0.1, -0.05) is 121 Å². The van der Waals surface area contributed by atoms with Gasteiger partial charge in [0.05, 0.1) is 39.0 Å². The second-order valence-electron chi connectivity index (χ2n) is 14.6. The van der Waals surface area contributed by atoms with Crippen LogP contribution in [0.3, 0.4) is 0 Å². The maximum Gasteiger partial charge on any atom is 0.238 e. The van der Waals surface area contributed by atoms with Crippen LogP contribution in [0.2, 0.25) is 0 Å². The third kappa shape index (κ3) is 5.04. The van der Waals surface area contributed by atoms with E-state index in [4.69, 9.17) is 15.0 Å². The van der Waals surface area contributed by atoms with Crippen molar-refractivity contribution in [1.29, 1.82) is 0 Å². The zero-order valence-corrected chi connectivity index (χ0v) is 31.0. The third-order valence-corrected chi connectivity index (χ3v) is 11.3. The molecule has 0 radical (unpaired) electrons. The first-order valence-corrected chi connectivity index (χ1v) is 19.3. The Balaban J connectivity index is 1.10. The summed E-state index contributed by atoms with van der Waals surface area (Å²) in [5.41, 5.74) is 11.2. The van der Waals surface area contributed by atoms with Gasteiger partial charge in [-0.15, -0.1) is 0 Å². The Kier molecular flexibility index (Phi) is 7.09. The number of pyridine rings is 3. The largest absolute Gasteiger partial charge is 0.309 e. The minimum Gasteiger partial charge on any atom is -0.309 e. The van der Waals surface area contributed by atoms with E-state index in [1.165, 1.54) is 27.2 Å². The highest BCUT2D eigenvalue weighted by atomic mass is 15.2. The molecule has 0 aliphatic carbocycles. The molecule has 0 bridgehead atoms. The zero-order chi connectivity index (χ0) is 38.2. The van der Waals surface area contributed by atoms with E-state index in [-0.39, 0.29) is 0 Å². The Hall–Kier alpha value is -8.03. The molecule has 0 atom stereocenters. The molecule has 0 aliphatic heterocycles. The fourth-order valence-corrected chi connectivity index (χ4v) is 8.55. The lowest BCUT2D eigenvalue weighted by molar-refractivity contribution is 0.954. The number of aromatic nitrogens is 7. The van der Waals surface area contributed by atoms with E-state index in [0.717, 1.165) is 66.4 Å². The Morgan fingerprint density at radius 1 is 0.328 bits per heavy atom. The molecule has 6 aromatic carbocycles. The number of benzene rings is 6. The maximum atomic E-state index is 5.25. The van der Waals surface area contributed by atoms with E-state index in [2.05, 4.69) is 158 Å². The van der Waals surface area contributed by atoms with Gasteiger partial charge in [0.2, 0.25) is 5.95 Å². The summed E-state index contributed by atoms with van der Waals surface area (Å²) in [4.78, 5) is 24.7. The summed E-state index contributed by atoms with van der Waals surface area (Å²) in [6, 6.07) is 61.3. The molecule has 58 heavy (non-hydrogen) atoms. The maximum absolute atomic E-state index is 5.25. The van der Waals surface area contributed by atoms with E-state index < -0.39 is 0 Å². The molecule has 0 amide bonds. The van der Waals surface area contributed by atoms with Gasteiger partial charge in [-0.05, 0) is 60.0 Å². The van der Waals surface area contributed by atoms with E-state index >= 15 is 0 Å². The van der Waals surface area contributed by atoms with Crippen LogP contribution in [0.4, 0.5) is 0 Å². The molecule has 0 fully saturated rings. The van der Waals surface area contributed by atoms with Gasteiger partial charge in [-0.3, -0.25) is 14.5 Å². The molecule has 7 nitrogen and oxygen atoms in total. The molecule has 0 saturated carbocycles. The van der Waals surface area contributed by atoms with Crippen molar-refractivity contribution < 1.29 is 0 Å². The molecule has 6 aromatic heterocycles. The fraction of sp³-hybridized carbons (Fsp3) is 0. The van der Waals surface area contributed by atoms with Gasteiger partial charge in [0, 0.05) is 61.6 Å². The van der Waals surface area contributed by atoms with Crippen LogP contribution < -0.4 is 0 Å². The number of fused-ring (bicyclic) bond motifs is 11. The molecule has 0 unspecified atom stereocenters. The lowest BCUT2D eigenvalue weighted by Crippen LogP contribution is -2.06. The average molecular weight is 742 g/mol. The van der Waals surface area contributed by atoms with Gasteiger partial charge in [-0.25, -0.2) is 4.98 Å². The van der Waals surface area contributed by atoms with Crippen LogP contribution in [0.5, 0.6) is 0 Å². The number of hydrogen-bond acceptors (Lipinski definition) is 5. The highest BCUT2D eigenvalue weighted by Crippen LogP contribution is 2.39. The second-order valence-corrected chi connectivity index (χ2v) is 14.6. The van der Waals surface area contributed by atoms with Crippen LogP contribution in [0.25, 0.3) is 111 Å². The smallest absolute Gasteiger partial charge is 0.238 e. The summed E-state index contributed by atoms with van der Waals surface area (Å²) in [6.07, 6.45) is 3.63. The highest BCUT2D eigenvalue weighted by molar-refractivity contribution is 6.18. The molecule has 0 saturated heterocycles. The molecule has 7 heteroatoms. The molecule has 12 aromatic rings. The van der Waals surface area contributed by atoms with Crippen molar-refractivity contribution in [3.8, 4) is 51.2 Å². The van der Waals surface area contributed by atoms with Gasteiger partial charge in [0.25, 0.3) is 0 Å². The van der Waals surface area contributed by atoms with E-state index in [0.29, 0.717) is 17.6 Å². The van der Waals surface area contributed by atoms with Gasteiger partial charge in [0.15, 0.2) is 11.6 Å². The molecule has 6 heterocycles. The fourth-order valence-electron chi connectivity index (χ4n) is 8.55. The molecule has 0 N–H and O–H groups in total. The van der Waals surface area contributed by atoms with Gasteiger partial charge < -0.3 is 4.40 Å². The van der Waals surface area contributed by atoms with Crippen molar-refractivity contribution in [2.45, 2.75) is 0 Å². The Bertz CT molecular complexity index is 3430. The molecule has 0 aliphatic rings. The highest BCUT2D eigenvalue weighted by Gasteiger charge is 2.21. The summed E-state index contributed by atoms with van der Waals surface area (Å²) in [6.45, 7) is 0. The number of para-hydroxylation sites is 2. The van der Waals surface area contributed by atoms with Gasteiger partial charge in [-0.2, -0.15) is 9.97 Å². The third-order valence-electron chi connectivity index (χ3n) is 11.3. The molecule has 0 spiro atoms. The lowest BCUT2D eigenvalue weighted by atomic mass is 10.1. The van der Waals surface area contributed by atoms with Crippen LogP contribution in [0, 0.1) is 0 Å². The standard InChI is InChI=1S/C51H31N7/c1-2-13-39-37(11-1)38-12-3-5-17-44(38)57-46-31-41-40-14-4-6-18-45(40)58(48(41)30-36(46)29-47(39)57)51-55-49(34-23-19-32(20-24-34)42-15-7-9-27-52-42)54-50(56-51)35-25-21-33(22-26-35)43-16-8-10-28-53-43/h1-31H. The molecule has 270 valence electrons. The lowest BCUT2D eigenvalue weighted by Gasteiger charge is -2.12. The predicted octanol–water partition coefficient (Wildman–Crippen LogP) is 12.1. The summed E-state index contributed by atoms with van der Waals surface area (Å²) >= 11 is 0. The van der Waals surface area contributed by atoms with Crippen molar-refractivity contribution in [3.05, 3.63) is 188 Å². The number of hydrogen-bond donors (Lipinski definition) is 0. The first-order chi connectivity index (χ1) is 28.7. The van der Waals surface area contributed by atoms with E-state index in [1.54, 1.807) is 0 Å². The minimum absolute atomic E-state index is 0.549. The quantitative estimate of drug-likeness (QED) is 0.164. The Morgan fingerprint density at radius 2 is 0.810 bits per heavy atom. The van der Waals surface area contributed by atoms with Crippen molar-refractivity contribution in [2.75, 3.05) is 0 Å². The Morgan fingerprint density at radius 3 is 1.40 bits per heavy atom. The van der Waals surface area contributed by atoms with Crippen molar-refractivity contribution >= 4 is 59.9 Å². The van der Waals surface area contributed by atoms with Crippen LogP contribution >= 0.6 is 0 Å². The van der Waals surface area contributed by atoms with Crippen LogP contribution in [0.1, 0.15) is 0 Å². The molecule has 12 rings (SSSR count). The number of rotatable bonds is 5. The second kappa shape index (κ2) is 12.8. The first kappa shape index (κ1) is 32.2. The van der Waals surface area contributed by atoms with E-state index in [1.807, 2.05) is 48.8 Å². The SMILES string of the molecule is c1ccc(-c2ccc(-c3nc(-c4ccc(-c5ccccn5)cc4)nc(-n4c5ccccc5c5cc6c(cc54)cc4c5ccccc5c5ccccc5n64)n3)cc2)nc1. The monoisotopic (exact) mass is 741 g/mol. The summed E-state index contributed by atoms with van der Waals surface area (Å²) < 4.78 is 4.61. The summed E-state index contributed by atoms with van der Waals surface area (Å²) in [5.74, 6) is 1.72. The van der Waals surface area contributed by atoms with Crippen LogP contribution in [-0.4, -0.2) is 33.9 Å². The topological polar surface area (TPSA) is 73.8 Å². The first-order valence-electron chi connectivity index (χ1n) is 19.3.